The van der Waals surface area contributed by atoms with Gasteiger partial charge in [0.15, 0.2) is 0 Å². The lowest BCUT2D eigenvalue weighted by Crippen LogP contribution is -2.43. The summed E-state index contributed by atoms with van der Waals surface area (Å²) in [6.45, 7) is 1.33. The van der Waals surface area contributed by atoms with Gasteiger partial charge >= 0.3 is 5.97 Å². The Hall–Kier alpha value is -2.96. The molecule has 1 atom stereocenters. The van der Waals surface area contributed by atoms with Crippen LogP contribution in [0.1, 0.15) is 48.0 Å². The second-order valence-electron chi connectivity index (χ2n) is 8.47. The second-order valence-corrected chi connectivity index (χ2v) is 8.47. The minimum Gasteiger partial charge on any atom is -0.450 e. The van der Waals surface area contributed by atoms with Crippen molar-refractivity contribution in [2.45, 2.75) is 43.7 Å². The van der Waals surface area contributed by atoms with E-state index in [-0.39, 0.29) is 29.7 Å². The van der Waals surface area contributed by atoms with Gasteiger partial charge in [-0.3, -0.25) is 9.78 Å². The Morgan fingerprint density at radius 1 is 1.20 bits per heavy atom. The molecule has 2 aromatic rings. The number of nitrogens with one attached hydrogen (secondary N) is 1. The highest BCUT2D eigenvalue weighted by Gasteiger charge is 2.48. The van der Waals surface area contributed by atoms with Crippen molar-refractivity contribution in [3.05, 3.63) is 59.7 Å². The summed E-state index contributed by atoms with van der Waals surface area (Å²) in [5.74, 6) is -0.587. The number of rotatable bonds is 3. The number of carbonyl (C=O) groups is 2. The third-order valence-corrected chi connectivity index (χ3v) is 6.71. The normalized spacial score (nSPS) is 27.8. The van der Waals surface area contributed by atoms with Gasteiger partial charge in [-0.25, -0.2) is 9.18 Å². The predicted molar refractivity (Wildman–Crippen MR) is 108 cm³/mol. The van der Waals surface area contributed by atoms with Gasteiger partial charge in [0.1, 0.15) is 11.4 Å². The number of hydrogen-bond donors (Lipinski definition) is 1. The van der Waals surface area contributed by atoms with Crippen molar-refractivity contribution >= 4 is 17.6 Å². The number of hydrogen-bond acceptors (Lipinski definition) is 5. The van der Waals surface area contributed by atoms with Gasteiger partial charge in [0, 0.05) is 43.0 Å². The number of para-hydroxylation sites is 1. The number of pyridine rings is 1. The molecule has 1 aromatic heterocycles. The summed E-state index contributed by atoms with van der Waals surface area (Å²) in [5, 5.41) is 3.15. The van der Waals surface area contributed by atoms with Gasteiger partial charge in [0.25, 0.3) is 0 Å². The molecule has 0 unspecified atom stereocenters. The molecule has 6 nitrogen and oxygen atoms in total. The van der Waals surface area contributed by atoms with E-state index in [1.807, 2.05) is 11.0 Å². The number of carbonyl (C=O) groups excluding carboxylic acids is 2. The fraction of sp³-hybridized carbons (Fsp3) is 0.435. The van der Waals surface area contributed by atoms with Crippen LogP contribution < -0.4 is 10.2 Å². The molecule has 30 heavy (non-hydrogen) atoms. The maximum atomic E-state index is 14.0. The van der Waals surface area contributed by atoms with E-state index in [9.17, 15) is 14.0 Å². The summed E-state index contributed by atoms with van der Waals surface area (Å²) in [4.78, 5) is 31.2. The summed E-state index contributed by atoms with van der Waals surface area (Å²) >= 11 is 0. The molecular weight excluding hydrogens is 385 g/mol. The summed E-state index contributed by atoms with van der Waals surface area (Å²) in [7, 11) is 0. The Morgan fingerprint density at radius 2 is 2.00 bits per heavy atom. The van der Waals surface area contributed by atoms with Crippen LogP contribution in [0.2, 0.25) is 0 Å². The van der Waals surface area contributed by atoms with Crippen LogP contribution >= 0.6 is 0 Å². The van der Waals surface area contributed by atoms with Crippen LogP contribution in [-0.2, 0) is 15.1 Å². The molecule has 1 aliphatic carbocycles. The van der Waals surface area contributed by atoms with Gasteiger partial charge in [-0.05, 0) is 50.3 Å². The highest BCUT2D eigenvalue weighted by Crippen LogP contribution is 2.47. The highest BCUT2D eigenvalue weighted by atomic mass is 19.1. The first-order valence-electron chi connectivity index (χ1n) is 10.5. The van der Waals surface area contributed by atoms with E-state index in [1.165, 1.54) is 6.07 Å². The number of esters is 1. The lowest BCUT2D eigenvalue weighted by atomic mass is 9.75. The van der Waals surface area contributed by atoms with E-state index in [0.29, 0.717) is 43.5 Å². The first-order valence-corrected chi connectivity index (χ1v) is 10.5. The largest absolute Gasteiger partial charge is 0.450 e. The second kappa shape index (κ2) is 7.38. The minimum atomic E-state index is -0.632. The quantitative estimate of drug-likeness (QED) is 0.789. The molecule has 156 valence electrons. The van der Waals surface area contributed by atoms with Gasteiger partial charge in [0.2, 0.25) is 5.91 Å². The predicted octanol–water partition coefficient (Wildman–Crippen LogP) is 3.17. The van der Waals surface area contributed by atoms with Crippen LogP contribution in [0.4, 0.5) is 10.1 Å². The molecule has 3 heterocycles. The lowest BCUT2D eigenvalue weighted by molar-refractivity contribution is -0.128. The zero-order valence-electron chi connectivity index (χ0n) is 16.6. The number of amides is 1. The van der Waals surface area contributed by atoms with E-state index in [1.54, 1.807) is 30.6 Å². The smallest absolute Gasteiger partial charge is 0.339 e. The molecule has 5 rings (SSSR count). The number of anilines is 1. The van der Waals surface area contributed by atoms with E-state index in [2.05, 4.69) is 10.3 Å². The van der Waals surface area contributed by atoms with Crippen LogP contribution in [0.3, 0.4) is 0 Å². The number of halogens is 1. The van der Waals surface area contributed by atoms with Crippen molar-refractivity contribution < 1.29 is 18.7 Å². The number of aromatic nitrogens is 1. The van der Waals surface area contributed by atoms with Crippen LogP contribution in [0, 0.1) is 11.7 Å². The first kappa shape index (κ1) is 19.0. The molecule has 1 amide bonds. The van der Waals surface area contributed by atoms with Gasteiger partial charge in [-0.15, -0.1) is 0 Å². The number of benzene rings is 1. The standard InChI is InChI=1S/C23H24FN3O3/c24-19-3-1-2-4-20(19)27-12-8-16(14-27)26-21(28)15-5-9-23(10-6-15)18-13-25-11-7-17(18)22(29)30-23/h1-4,7,11,13,15-16H,5-6,8-10,12,14H2,(H,26,28)/t15-,16-,23+/m0/s1. The average Bonchev–Trinajstić information content (AvgIpc) is 3.32. The summed E-state index contributed by atoms with van der Waals surface area (Å²) in [6.07, 6.45) is 6.70. The average molecular weight is 409 g/mol. The monoisotopic (exact) mass is 409 g/mol. The van der Waals surface area contributed by atoms with Crippen molar-refractivity contribution in [3.8, 4) is 0 Å². The van der Waals surface area contributed by atoms with Crippen LogP contribution in [0.25, 0.3) is 0 Å². The molecule has 1 spiro atoms. The summed E-state index contributed by atoms with van der Waals surface area (Å²) in [6, 6.07) is 8.46. The Morgan fingerprint density at radius 3 is 2.80 bits per heavy atom. The molecule has 2 aliphatic heterocycles. The molecule has 7 heteroatoms. The van der Waals surface area contributed by atoms with Gasteiger partial charge in [0.05, 0.1) is 11.3 Å². The molecule has 3 aliphatic rings. The molecule has 1 aromatic carbocycles. The summed E-state index contributed by atoms with van der Waals surface area (Å²) in [5.41, 5.74) is 1.40. The molecule has 1 N–H and O–H groups in total. The zero-order chi connectivity index (χ0) is 20.7. The van der Waals surface area contributed by atoms with Gasteiger partial charge in [-0.1, -0.05) is 12.1 Å². The number of nitrogens with zero attached hydrogens (tertiary/aromatic N) is 2. The van der Waals surface area contributed by atoms with E-state index >= 15 is 0 Å². The van der Waals surface area contributed by atoms with Gasteiger partial charge in [-0.2, -0.15) is 0 Å². The minimum absolute atomic E-state index is 0.0160. The topological polar surface area (TPSA) is 71.5 Å². The summed E-state index contributed by atoms with van der Waals surface area (Å²) < 4.78 is 19.8. The SMILES string of the molecule is O=C1O[C@]2(CC[C@@H](C(=O)N[C@H]3CCN(c4ccccc4F)C3)CC2)c2cnccc21. The Kier molecular flexibility index (Phi) is 4.68. The van der Waals surface area contributed by atoms with Crippen LogP contribution in [0.15, 0.2) is 42.7 Å². The first-order chi connectivity index (χ1) is 14.6. The molecule has 2 fully saturated rings. The third kappa shape index (κ3) is 3.22. The fourth-order valence-electron chi connectivity index (χ4n) is 5.06. The Balaban J connectivity index is 1.19. The maximum Gasteiger partial charge on any atom is 0.339 e. The van der Waals surface area contributed by atoms with E-state index in [0.717, 1.165) is 18.5 Å². The highest BCUT2D eigenvalue weighted by molar-refractivity contribution is 5.94. The van der Waals surface area contributed by atoms with Crippen molar-refractivity contribution in [1.29, 1.82) is 0 Å². The van der Waals surface area contributed by atoms with Gasteiger partial charge < -0.3 is 15.0 Å². The van der Waals surface area contributed by atoms with Crippen molar-refractivity contribution in [2.75, 3.05) is 18.0 Å². The fourth-order valence-corrected chi connectivity index (χ4v) is 5.06. The molecular formula is C23H24FN3O3. The van der Waals surface area contributed by atoms with Crippen LogP contribution in [0.5, 0.6) is 0 Å². The Bertz CT molecular complexity index is 987. The third-order valence-electron chi connectivity index (χ3n) is 6.71. The molecule has 0 radical (unpaired) electrons. The zero-order valence-corrected chi connectivity index (χ0v) is 16.6. The van der Waals surface area contributed by atoms with E-state index < -0.39 is 5.60 Å². The number of ether oxygens (including phenoxy) is 1. The van der Waals surface area contributed by atoms with Crippen molar-refractivity contribution in [2.24, 2.45) is 5.92 Å². The maximum absolute atomic E-state index is 14.0. The lowest BCUT2D eigenvalue weighted by Gasteiger charge is -2.36. The number of fused-ring (bicyclic) bond motifs is 2. The molecule has 0 bridgehead atoms. The molecule has 1 saturated carbocycles. The van der Waals surface area contributed by atoms with Crippen molar-refractivity contribution in [3.63, 3.8) is 0 Å². The van der Waals surface area contributed by atoms with Crippen LogP contribution in [-0.4, -0.2) is 36.0 Å². The molecule has 1 saturated heterocycles. The van der Waals surface area contributed by atoms with E-state index in [4.69, 9.17) is 4.74 Å². The Labute approximate surface area is 174 Å². The van der Waals surface area contributed by atoms with Crippen molar-refractivity contribution in [1.82, 2.24) is 10.3 Å².